The number of fused-ring (bicyclic) bond motifs is 1. The van der Waals surface area contributed by atoms with E-state index < -0.39 is 5.97 Å². The van der Waals surface area contributed by atoms with Crippen molar-refractivity contribution in [3.63, 3.8) is 0 Å². The Morgan fingerprint density at radius 3 is 2.62 bits per heavy atom. The zero-order valence-corrected chi connectivity index (χ0v) is 17.7. The highest BCUT2D eigenvalue weighted by Crippen LogP contribution is 2.35. The van der Waals surface area contributed by atoms with E-state index in [-0.39, 0.29) is 11.5 Å². The fraction of sp³-hybridized carbons (Fsp3) is 0.0435. The standard InChI is InChI=1S/C23H17ClN6O2/c1-30-8-7-16(12-30)32-23(31)21-22(25)28-19(13-5-3-2-4-6-13)20(27-21)14-9-15-11-26-29-18(15)17(24)10-14/h2-12H,1H3,(H2,25,28)(H,26,29). The number of ether oxygens (including phenoxy) is 1. The van der Waals surface area contributed by atoms with Crippen LogP contribution < -0.4 is 10.5 Å². The molecular formula is C23H17ClN6O2. The molecule has 3 N–H and O–H groups in total. The van der Waals surface area contributed by atoms with E-state index in [1.807, 2.05) is 43.4 Å². The maximum absolute atomic E-state index is 12.9. The van der Waals surface area contributed by atoms with Crippen LogP contribution in [0.4, 0.5) is 5.82 Å². The molecule has 0 spiro atoms. The molecule has 8 nitrogen and oxygen atoms in total. The molecule has 0 aliphatic rings. The van der Waals surface area contributed by atoms with Gasteiger partial charge in [0.05, 0.1) is 28.1 Å². The van der Waals surface area contributed by atoms with Crippen molar-refractivity contribution in [2.45, 2.75) is 0 Å². The number of hydrogen-bond donors (Lipinski definition) is 2. The van der Waals surface area contributed by atoms with Gasteiger partial charge in [0.1, 0.15) is 5.75 Å². The number of anilines is 1. The second-order valence-electron chi connectivity index (χ2n) is 7.22. The second kappa shape index (κ2) is 7.82. The molecule has 0 bridgehead atoms. The third-order valence-corrected chi connectivity index (χ3v) is 5.25. The van der Waals surface area contributed by atoms with E-state index in [1.54, 1.807) is 35.3 Å². The average Bonchev–Trinajstić information content (AvgIpc) is 3.43. The summed E-state index contributed by atoms with van der Waals surface area (Å²) < 4.78 is 7.20. The minimum atomic E-state index is -0.697. The Morgan fingerprint density at radius 2 is 1.88 bits per heavy atom. The maximum Gasteiger partial charge on any atom is 0.366 e. The third kappa shape index (κ3) is 3.57. The van der Waals surface area contributed by atoms with Crippen LogP contribution in [0.5, 0.6) is 5.75 Å². The van der Waals surface area contributed by atoms with E-state index in [2.05, 4.69) is 20.2 Å². The fourth-order valence-corrected chi connectivity index (χ4v) is 3.71. The van der Waals surface area contributed by atoms with Crippen LogP contribution in [-0.4, -0.2) is 30.7 Å². The maximum atomic E-state index is 12.9. The Morgan fingerprint density at radius 1 is 1.09 bits per heavy atom. The molecule has 158 valence electrons. The number of nitrogens with one attached hydrogen (secondary N) is 1. The Balaban J connectivity index is 1.68. The van der Waals surface area contributed by atoms with Crippen LogP contribution in [0.3, 0.4) is 0 Å². The van der Waals surface area contributed by atoms with Crippen LogP contribution in [0.25, 0.3) is 33.4 Å². The number of carbonyl (C=O) groups excluding carboxylic acids is 1. The van der Waals surface area contributed by atoms with Gasteiger partial charge in [-0.25, -0.2) is 14.8 Å². The minimum absolute atomic E-state index is 0.0241. The molecule has 3 heterocycles. The van der Waals surface area contributed by atoms with Gasteiger partial charge in [-0.05, 0) is 18.2 Å². The van der Waals surface area contributed by atoms with Gasteiger partial charge in [0, 0.05) is 36.0 Å². The molecule has 0 amide bonds. The second-order valence-corrected chi connectivity index (χ2v) is 7.62. The summed E-state index contributed by atoms with van der Waals surface area (Å²) in [5, 5.41) is 8.19. The molecule has 0 saturated heterocycles. The summed E-state index contributed by atoms with van der Waals surface area (Å²) >= 11 is 6.46. The Bertz CT molecular complexity index is 1460. The lowest BCUT2D eigenvalue weighted by Gasteiger charge is -2.13. The Kier molecular flexibility index (Phi) is 4.84. The first-order chi connectivity index (χ1) is 15.5. The summed E-state index contributed by atoms with van der Waals surface area (Å²) in [6, 6.07) is 14.8. The summed E-state index contributed by atoms with van der Waals surface area (Å²) in [6.45, 7) is 0. The number of carbonyl (C=O) groups is 1. The van der Waals surface area contributed by atoms with Crippen molar-refractivity contribution in [1.82, 2.24) is 24.7 Å². The molecule has 5 rings (SSSR count). The monoisotopic (exact) mass is 444 g/mol. The van der Waals surface area contributed by atoms with Gasteiger partial charge in [-0.3, -0.25) is 5.10 Å². The molecule has 3 aromatic heterocycles. The summed E-state index contributed by atoms with van der Waals surface area (Å²) in [5.74, 6) is -0.336. The SMILES string of the molecule is Cn1ccc(OC(=O)c2nc(-c3cc(Cl)c4[nH]ncc4c3)c(-c3ccccc3)nc2N)c1. The van der Waals surface area contributed by atoms with Crippen LogP contribution in [-0.2, 0) is 7.05 Å². The van der Waals surface area contributed by atoms with E-state index in [4.69, 9.17) is 22.1 Å². The first kappa shape index (κ1) is 19.8. The number of nitrogens with zero attached hydrogens (tertiary/aromatic N) is 4. The molecule has 0 atom stereocenters. The number of halogens is 1. The van der Waals surface area contributed by atoms with Crippen molar-refractivity contribution in [3.05, 3.63) is 77.8 Å². The van der Waals surface area contributed by atoms with Crippen molar-refractivity contribution in [1.29, 1.82) is 0 Å². The lowest BCUT2D eigenvalue weighted by atomic mass is 10.0. The lowest BCUT2D eigenvalue weighted by molar-refractivity contribution is 0.0729. The zero-order chi connectivity index (χ0) is 22.2. The number of nitrogen functional groups attached to an aromatic ring is 1. The number of aromatic nitrogens is 5. The van der Waals surface area contributed by atoms with Gasteiger partial charge < -0.3 is 15.0 Å². The quantitative estimate of drug-likeness (QED) is 0.395. The van der Waals surface area contributed by atoms with Crippen LogP contribution in [0, 0.1) is 0 Å². The molecule has 0 aliphatic heterocycles. The molecule has 0 saturated carbocycles. The van der Waals surface area contributed by atoms with Crippen molar-refractivity contribution in [2.75, 3.05) is 5.73 Å². The molecule has 0 fully saturated rings. The highest BCUT2D eigenvalue weighted by atomic mass is 35.5. The number of esters is 1. The van der Waals surface area contributed by atoms with Crippen LogP contribution in [0.15, 0.2) is 67.1 Å². The number of rotatable bonds is 4. The van der Waals surface area contributed by atoms with Crippen LogP contribution in [0.1, 0.15) is 10.5 Å². The molecule has 9 heteroatoms. The number of benzene rings is 2. The number of hydrogen-bond acceptors (Lipinski definition) is 6. The highest BCUT2D eigenvalue weighted by molar-refractivity contribution is 6.35. The van der Waals surface area contributed by atoms with Crippen LogP contribution in [0.2, 0.25) is 5.02 Å². The Labute approximate surface area is 187 Å². The van der Waals surface area contributed by atoms with Crippen molar-refractivity contribution in [2.24, 2.45) is 7.05 Å². The average molecular weight is 445 g/mol. The zero-order valence-electron chi connectivity index (χ0n) is 16.9. The van der Waals surface area contributed by atoms with E-state index in [1.165, 1.54) is 0 Å². The minimum Gasteiger partial charge on any atom is -0.420 e. The van der Waals surface area contributed by atoms with Crippen molar-refractivity contribution < 1.29 is 9.53 Å². The molecule has 0 unspecified atom stereocenters. The first-order valence-electron chi connectivity index (χ1n) is 9.69. The van der Waals surface area contributed by atoms with Gasteiger partial charge in [0.15, 0.2) is 11.5 Å². The number of aryl methyl sites for hydroxylation is 1. The highest BCUT2D eigenvalue weighted by Gasteiger charge is 2.22. The molecule has 0 aliphatic carbocycles. The summed E-state index contributed by atoms with van der Waals surface area (Å²) in [5.41, 5.74) is 9.23. The van der Waals surface area contributed by atoms with Gasteiger partial charge >= 0.3 is 5.97 Å². The summed E-state index contributed by atoms with van der Waals surface area (Å²) in [4.78, 5) is 22.0. The third-order valence-electron chi connectivity index (χ3n) is 4.95. The smallest absolute Gasteiger partial charge is 0.366 e. The van der Waals surface area contributed by atoms with Crippen LogP contribution >= 0.6 is 11.6 Å². The van der Waals surface area contributed by atoms with Crippen molar-refractivity contribution in [3.8, 4) is 28.3 Å². The number of nitrogens with two attached hydrogens (primary N) is 1. The summed E-state index contributed by atoms with van der Waals surface area (Å²) in [6.07, 6.45) is 5.11. The molecule has 32 heavy (non-hydrogen) atoms. The fourth-order valence-electron chi connectivity index (χ4n) is 3.44. The van der Waals surface area contributed by atoms with E-state index in [9.17, 15) is 4.79 Å². The summed E-state index contributed by atoms with van der Waals surface area (Å²) in [7, 11) is 1.83. The Hall–Kier alpha value is -4.17. The lowest BCUT2D eigenvalue weighted by Crippen LogP contribution is -2.16. The van der Waals surface area contributed by atoms with Gasteiger partial charge in [0.25, 0.3) is 0 Å². The van der Waals surface area contributed by atoms with Gasteiger partial charge in [-0.1, -0.05) is 41.9 Å². The predicted octanol–water partition coefficient (Wildman–Crippen LogP) is 4.48. The van der Waals surface area contributed by atoms with Gasteiger partial charge in [-0.15, -0.1) is 0 Å². The molecule has 0 radical (unpaired) electrons. The van der Waals surface area contributed by atoms with E-state index in [0.29, 0.717) is 33.2 Å². The van der Waals surface area contributed by atoms with E-state index in [0.717, 1.165) is 10.9 Å². The largest absolute Gasteiger partial charge is 0.420 e. The predicted molar refractivity (Wildman–Crippen MR) is 122 cm³/mol. The van der Waals surface area contributed by atoms with Gasteiger partial charge in [-0.2, -0.15) is 5.10 Å². The topological polar surface area (TPSA) is 112 Å². The molecule has 5 aromatic rings. The van der Waals surface area contributed by atoms with Crippen molar-refractivity contribution >= 4 is 34.3 Å². The molecule has 2 aromatic carbocycles. The molecular weight excluding hydrogens is 428 g/mol. The number of H-pyrrole nitrogens is 1. The van der Waals surface area contributed by atoms with Gasteiger partial charge in [0.2, 0.25) is 0 Å². The number of aromatic amines is 1. The van der Waals surface area contributed by atoms with E-state index >= 15 is 0 Å². The normalized spacial score (nSPS) is 11.1. The first-order valence-corrected chi connectivity index (χ1v) is 10.1.